The van der Waals surface area contributed by atoms with E-state index >= 15 is 0 Å². The maximum absolute atomic E-state index is 2.39. The van der Waals surface area contributed by atoms with Crippen molar-refractivity contribution in [3.8, 4) is 0 Å². The van der Waals surface area contributed by atoms with Gasteiger partial charge in [0.05, 0.1) is 0 Å². The number of thiazole rings is 1. The number of benzene rings is 1. The van der Waals surface area contributed by atoms with Crippen LogP contribution >= 0.6 is 23.1 Å². The Labute approximate surface area is 134 Å². The Morgan fingerprint density at radius 1 is 1.33 bits per heavy atom. The molecule has 0 aliphatic heterocycles. The molecule has 1 nitrogen and oxygen atoms in total. The van der Waals surface area contributed by atoms with Gasteiger partial charge in [0, 0.05) is 12.1 Å². The Hall–Kier alpha value is -0.0700. The van der Waals surface area contributed by atoms with Crippen molar-refractivity contribution >= 4 is 39.4 Å². The molecule has 1 aromatic heterocycles. The molecule has 0 N–H and O–H groups in total. The smallest absolute Gasteiger partial charge is 0.263 e. The van der Waals surface area contributed by atoms with Gasteiger partial charge in [0.1, 0.15) is 11.2 Å². The summed E-state index contributed by atoms with van der Waals surface area (Å²) in [5.74, 6) is 0. The average molecular weight is 391 g/mol. The molecule has 0 amide bonds. The number of aromatic nitrogens is 1. The van der Waals surface area contributed by atoms with Crippen LogP contribution in [0.2, 0.25) is 0 Å². The molecule has 98 valence electrons. The van der Waals surface area contributed by atoms with Gasteiger partial charge in [-0.1, -0.05) is 30.4 Å². The highest BCUT2D eigenvalue weighted by molar-refractivity contribution is 8.02. The van der Waals surface area contributed by atoms with Gasteiger partial charge in [-0.05, 0) is 30.6 Å². The second kappa shape index (κ2) is 7.50. The highest BCUT2D eigenvalue weighted by Crippen LogP contribution is 2.25. The van der Waals surface area contributed by atoms with Crippen molar-refractivity contribution in [1.29, 1.82) is 0 Å². The number of hydrogen-bond donors (Lipinski definition) is 0. The maximum Gasteiger partial charge on any atom is 0.263 e. The van der Waals surface area contributed by atoms with Crippen LogP contribution < -0.4 is 28.5 Å². The molecule has 0 fully saturated rings. The molecule has 0 aliphatic carbocycles. The van der Waals surface area contributed by atoms with Gasteiger partial charge in [-0.15, -0.1) is 11.8 Å². The van der Waals surface area contributed by atoms with E-state index in [9.17, 15) is 0 Å². The maximum atomic E-state index is 2.39. The summed E-state index contributed by atoms with van der Waals surface area (Å²) in [7, 11) is 0. The monoisotopic (exact) mass is 391 g/mol. The second-order valence-corrected chi connectivity index (χ2v) is 5.82. The highest BCUT2D eigenvalue weighted by Gasteiger charge is 2.16. The zero-order valence-corrected chi connectivity index (χ0v) is 14.7. The second-order valence-electron chi connectivity index (χ2n) is 3.82. The number of para-hydroxylation sites is 1. The molecule has 4 heteroatoms. The van der Waals surface area contributed by atoms with Crippen LogP contribution in [0.3, 0.4) is 0 Å². The van der Waals surface area contributed by atoms with Gasteiger partial charge < -0.3 is 24.0 Å². The zero-order chi connectivity index (χ0) is 12.3. The Morgan fingerprint density at radius 2 is 2.06 bits per heavy atom. The van der Waals surface area contributed by atoms with E-state index in [0.29, 0.717) is 0 Å². The molecule has 0 radical (unpaired) electrons. The summed E-state index contributed by atoms with van der Waals surface area (Å²) in [6.07, 6.45) is 5.59. The van der Waals surface area contributed by atoms with Crippen molar-refractivity contribution in [2.75, 3.05) is 6.26 Å². The summed E-state index contributed by atoms with van der Waals surface area (Å²) in [5.41, 5.74) is 1.35. The fraction of sp³-hybridized carbons (Fsp3) is 0.357. The lowest BCUT2D eigenvalue weighted by molar-refractivity contribution is -0.665. The van der Waals surface area contributed by atoms with Gasteiger partial charge in [0.15, 0.2) is 0 Å². The summed E-state index contributed by atoms with van der Waals surface area (Å²) in [6.45, 7) is 5.45. The summed E-state index contributed by atoms with van der Waals surface area (Å²) < 4.78 is 3.77. The van der Waals surface area contributed by atoms with Crippen LogP contribution in [0, 0.1) is 0 Å². The minimum Gasteiger partial charge on any atom is -1.00 e. The summed E-state index contributed by atoms with van der Waals surface area (Å²) in [5, 5.41) is 1.36. The van der Waals surface area contributed by atoms with E-state index in [1.54, 1.807) is 0 Å². The van der Waals surface area contributed by atoms with Crippen LogP contribution in [0.4, 0.5) is 0 Å². The van der Waals surface area contributed by atoms with E-state index in [4.69, 9.17) is 0 Å². The van der Waals surface area contributed by atoms with Gasteiger partial charge in [-0.3, -0.25) is 0 Å². The fourth-order valence-corrected chi connectivity index (χ4v) is 3.72. The van der Waals surface area contributed by atoms with Crippen molar-refractivity contribution in [1.82, 2.24) is 0 Å². The Balaban J connectivity index is 0.00000162. The quantitative estimate of drug-likeness (QED) is 0.562. The highest BCUT2D eigenvalue weighted by atomic mass is 127. The molecule has 0 saturated heterocycles. The predicted molar refractivity (Wildman–Crippen MR) is 79.5 cm³/mol. The third-order valence-electron chi connectivity index (χ3n) is 2.85. The summed E-state index contributed by atoms with van der Waals surface area (Å²) in [4.78, 5) is 1.44. The van der Waals surface area contributed by atoms with E-state index in [1.165, 1.54) is 20.1 Å². The third kappa shape index (κ3) is 3.27. The molecule has 0 unspecified atom stereocenters. The largest absolute Gasteiger partial charge is 1.00 e. The van der Waals surface area contributed by atoms with Crippen LogP contribution in [0.15, 0.2) is 29.2 Å². The Morgan fingerprint density at radius 3 is 2.67 bits per heavy atom. The third-order valence-corrected chi connectivity index (χ3v) is 4.89. The predicted octanol–water partition coefficient (Wildman–Crippen LogP) is 1.33. The van der Waals surface area contributed by atoms with E-state index in [0.717, 1.165) is 13.0 Å². The van der Waals surface area contributed by atoms with Crippen LogP contribution in [0.25, 0.3) is 16.3 Å². The lowest BCUT2D eigenvalue weighted by Gasteiger charge is -1.96. The van der Waals surface area contributed by atoms with E-state index in [2.05, 4.69) is 55.0 Å². The molecule has 0 saturated carbocycles. The molecule has 1 heterocycles. The first-order chi connectivity index (χ1) is 8.30. The first-order valence-corrected chi connectivity index (χ1v) is 8.00. The molecule has 2 aromatic rings. The van der Waals surface area contributed by atoms with Crippen molar-refractivity contribution in [3.05, 3.63) is 34.2 Å². The van der Waals surface area contributed by atoms with Crippen LogP contribution in [-0.2, 0) is 6.54 Å². The van der Waals surface area contributed by atoms with E-state index in [-0.39, 0.29) is 24.0 Å². The SMILES string of the molecule is CC/C(=C/c1sc2ccccc2[n+]1CC)SC.[I-]. The minimum absolute atomic E-state index is 0. The normalized spacial score (nSPS) is 11.6. The van der Waals surface area contributed by atoms with Gasteiger partial charge in [-0.25, -0.2) is 0 Å². The Kier molecular flexibility index (Phi) is 6.66. The molecule has 0 spiro atoms. The lowest BCUT2D eigenvalue weighted by atomic mass is 10.3. The van der Waals surface area contributed by atoms with Gasteiger partial charge in [0.25, 0.3) is 5.01 Å². The topological polar surface area (TPSA) is 3.88 Å². The van der Waals surface area contributed by atoms with Crippen LogP contribution in [0.5, 0.6) is 0 Å². The zero-order valence-electron chi connectivity index (χ0n) is 10.9. The fourth-order valence-electron chi connectivity index (χ4n) is 1.93. The first kappa shape index (κ1) is 16.0. The number of thioether (sulfide) groups is 1. The van der Waals surface area contributed by atoms with Crippen molar-refractivity contribution in [3.63, 3.8) is 0 Å². The molecule has 0 aliphatic rings. The van der Waals surface area contributed by atoms with Gasteiger partial charge in [0.2, 0.25) is 5.52 Å². The minimum atomic E-state index is 0. The number of halogens is 1. The molecule has 0 bridgehead atoms. The van der Waals surface area contributed by atoms with Crippen molar-refractivity contribution in [2.45, 2.75) is 26.8 Å². The summed E-state index contributed by atoms with van der Waals surface area (Å²) in [6, 6.07) is 8.64. The summed E-state index contributed by atoms with van der Waals surface area (Å²) >= 11 is 3.73. The standard InChI is InChI=1S/C14H18NS2.HI/c1-4-11(16-3)10-14-15(5-2)12-8-6-7-9-13(12)17-14;/h6-10H,4-5H2,1-3H3;1H/q+1;/p-1/b11-10-;. The lowest BCUT2D eigenvalue weighted by Crippen LogP contribution is -3.00. The van der Waals surface area contributed by atoms with Crippen LogP contribution in [0.1, 0.15) is 25.3 Å². The molecular weight excluding hydrogens is 373 g/mol. The molecule has 0 atom stereocenters. The molecule has 2 rings (SSSR count). The number of allylic oxidation sites excluding steroid dienone is 1. The molecular formula is C14H18INS2. The number of nitrogens with zero attached hydrogens (tertiary/aromatic N) is 1. The van der Waals surface area contributed by atoms with Crippen molar-refractivity contribution in [2.24, 2.45) is 0 Å². The number of rotatable bonds is 4. The number of hydrogen-bond acceptors (Lipinski definition) is 2. The van der Waals surface area contributed by atoms with Crippen LogP contribution in [-0.4, -0.2) is 6.26 Å². The van der Waals surface area contributed by atoms with Gasteiger partial charge in [-0.2, -0.15) is 4.57 Å². The Bertz CT molecular complexity index is 540. The molecule has 1 aromatic carbocycles. The van der Waals surface area contributed by atoms with Gasteiger partial charge >= 0.3 is 0 Å². The van der Waals surface area contributed by atoms with E-state index in [1.807, 2.05) is 23.1 Å². The molecule has 18 heavy (non-hydrogen) atoms. The average Bonchev–Trinajstić information content (AvgIpc) is 2.72. The van der Waals surface area contributed by atoms with Crippen molar-refractivity contribution < 1.29 is 28.5 Å². The number of aryl methyl sites for hydroxylation is 1. The van der Waals surface area contributed by atoms with E-state index < -0.39 is 0 Å². The first-order valence-electron chi connectivity index (χ1n) is 5.96. The number of fused-ring (bicyclic) bond motifs is 1.